The van der Waals surface area contributed by atoms with Crippen LogP contribution in [0.5, 0.6) is 5.75 Å². The number of hydrogen-bond donors (Lipinski definition) is 0. The lowest BCUT2D eigenvalue weighted by molar-refractivity contribution is 0.0693. The van der Waals surface area contributed by atoms with E-state index in [1.54, 1.807) is 23.1 Å². The van der Waals surface area contributed by atoms with Crippen molar-refractivity contribution in [3.8, 4) is 5.75 Å². The monoisotopic (exact) mass is 484 g/mol. The summed E-state index contributed by atoms with van der Waals surface area (Å²) >= 11 is 4.50. The Morgan fingerprint density at radius 2 is 1.86 bits per heavy atom. The average molecular weight is 485 g/mol. The second-order valence-electron chi connectivity index (χ2n) is 7.09. The lowest BCUT2D eigenvalue weighted by atomic mass is 9.96. The molecule has 0 spiro atoms. The lowest BCUT2D eigenvalue weighted by Crippen LogP contribution is -2.50. The van der Waals surface area contributed by atoms with Crippen molar-refractivity contribution in [1.82, 2.24) is 9.21 Å². The molecule has 0 aliphatic carbocycles. The van der Waals surface area contributed by atoms with E-state index in [0.29, 0.717) is 28.6 Å². The molecule has 2 atom stereocenters. The van der Waals surface area contributed by atoms with Gasteiger partial charge in [0.05, 0.1) is 9.35 Å². The number of nitrogens with zero attached hydrogens (tertiary/aromatic N) is 2. The minimum absolute atomic E-state index is 0.0380. The maximum Gasteiger partial charge on any atom is 0.257 e. The summed E-state index contributed by atoms with van der Waals surface area (Å²) < 4.78 is 34.0. The molecule has 1 saturated heterocycles. The molecule has 4 rings (SSSR count). The van der Waals surface area contributed by atoms with E-state index in [0.717, 1.165) is 9.35 Å². The van der Waals surface area contributed by atoms with Crippen molar-refractivity contribution in [2.24, 2.45) is 0 Å². The van der Waals surface area contributed by atoms with Gasteiger partial charge in [-0.3, -0.25) is 4.79 Å². The number of halogens is 1. The number of sulfonamides is 1. The Kier molecular flexibility index (Phi) is 5.28. The van der Waals surface area contributed by atoms with Crippen LogP contribution in [0.3, 0.4) is 0 Å². The predicted molar refractivity (Wildman–Crippen MR) is 112 cm³/mol. The SMILES string of the molecule is C[C@@H]1c2cccc(C(=O)N3CCN(S(=O)(=O)c4ccc(Br)s4)CC3)c2O[C@@H]1C. The van der Waals surface area contributed by atoms with Gasteiger partial charge in [0.25, 0.3) is 15.9 Å². The maximum atomic E-state index is 13.1. The molecule has 9 heteroatoms. The molecular weight excluding hydrogens is 464 g/mol. The first-order valence-corrected chi connectivity index (χ1v) is 12.2. The standard InChI is InChI=1S/C19H21BrN2O4S2/c1-12-13(2)26-18-14(12)4-3-5-15(18)19(23)21-8-10-22(11-9-21)28(24,25)17-7-6-16(20)27-17/h3-7,12-13H,8-11H2,1-2H3/t12-,13+/m0/s1. The smallest absolute Gasteiger partial charge is 0.257 e. The van der Waals surface area contributed by atoms with Gasteiger partial charge < -0.3 is 9.64 Å². The molecule has 0 radical (unpaired) electrons. The summed E-state index contributed by atoms with van der Waals surface area (Å²) in [7, 11) is -3.52. The number of carbonyl (C=O) groups excluding carboxylic acids is 1. The van der Waals surface area contributed by atoms with Gasteiger partial charge in [0.15, 0.2) is 0 Å². The Bertz CT molecular complexity index is 1010. The molecule has 3 heterocycles. The molecule has 2 aliphatic rings. The third-order valence-electron chi connectivity index (χ3n) is 5.44. The molecule has 6 nitrogen and oxygen atoms in total. The number of rotatable bonds is 3. The number of carbonyl (C=O) groups is 1. The van der Waals surface area contributed by atoms with Crippen LogP contribution >= 0.6 is 27.3 Å². The zero-order chi connectivity index (χ0) is 20.1. The van der Waals surface area contributed by atoms with E-state index in [1.807, 2.05) is 19.1 Å². The highest BCUT2D eigenvalue weighted by Gasteiger charge is 2.35. The quantitative estimate of drug-likeness (QED) is 0.667. The molecule has 0 saturated carbocycles. The minimum atomic E-state index is -3.52. The van der Waals surface area contributed by atoms with Crippen LogP contribution in [0.2, 0.25) is 0 Å². The third kappa shape index (κ3) is 3.38. The van der Waals surface area contributed by atoms with Gasteiger partial charge >= 0.3 is 0 Å². The Morgan fingerprint density at radius 1 is 1.14 bits per heavy atom. The number of benzene rings is 1. The normalized spacial score (nSPS) is 22.8. The van der Waals surface area contributed by atoms with Crippen LogP contribution in [0.4, 0.5) is 0 Å². The largest absolute Gasteiger partial charge is 0.489 e. The van der Waals surface area contributed by atoms with Gasteiger partial charge in [0.1, 0.15) is 16.1 Å². The van der Waals surface area contributed by atoms with Crippen LogP contribution in [0.25, 0.3) is 0 Å². The topological polar surface area (TPSA) is 66.9 Å². The molecule has 150 valence electrons. The molecule has 1 aromatic carbocycles. The van der Waals surface area contributed by atoms with Gasteiger partial charge in [-0.05, 0) is 41.1 Å². The van der Waals surface area contributed by atoms with Crippen LogP contribution in [-0.2, 0) is 10.0 Å². The molecule has 2 aromatic rings. The van der Waals surface area contributed by atoms with E-state index in [9.17, 15) is 13.2 Å². The van der Waals surface area contributed by atoms with E-state index in [-0.39, 0.29) is 31.0 Å². The maximum absolute atomic E-state index is 13.1. The fraction of sp³-hybridized carbons (Fsp3) is 0.421. The first-order chi connectivity index (χ1) is 13.3. The number of para-hydroxylation sites is 1. The Morgan fingerprint density at radius 3 is 2.50 bits per heavy atom. The Hall–Kier alpha value is -1.42. The van der Waals surface area contributed by atoms with E-state index in [2.05, 4.69) is 22.9 Å². The van der Waals surface area contributed by atoms with Gasteiger partial charge in [0, 0.05) is 37.7 Å². The van der Waals surface area contributed by atoms with Crippen molar-refractivity contribution in [1.29, 1.82) is 0 Å². The fourth-order valence-electron chi connectivity index (χ4n) is 3.62. The summed E-state index contributed by atoms with van der Waals surface area (Å²) in [6, 6.07) is 9.02. The van der Waals surface area contributed by atoms with Crippen LogP contribution in [-0.4, -0.2) is 55.8 Å². The number of hydrogen-bond acceptors (Lipinski definition) is 5. The van der Waals surface area contributed by atoms with E-state index >= 15 is 0 Å². The highest BCUT2D eigenvalue weighted by Crippen LogP contribution is 2.40. The second kappa shape index (κ2) is 7.44. The first kappa shape index (κ1) is 19.9. The van der Waals surface area contributed by atoms with Crippen molar-refractivity contribution in [3.63, 3.8) is 0 Å². The van der Waals surface area contributed by atoms with Crippen LogP contribution in [0.1, 0.15) is 35.7 Å². The van der Waals surface area contributed by atoms with Gasteiger partial charge in [-0.1, -0.05) is 19.1 Å². The van der Waals surface area contributed by atoms with Crippen molar-refractivity contribution in [2.45, 2.75) is 30.1 Å². The van der Waals surface area contributed by atoms with Crippen molar-refractivity contribution >= 4 is 43.2 Å². The zero-order valence-electron chi connectivity index (χ0n) is 15.6. The Labute approximate surface area is 177 Å². The predicted octanol–water partition coefficient (Wildman–Crippen LogP) is 3.54. The van der Waals surface area contributed by atoms with E-state index < -0.39 is 10.0 Å². The number of piperazine rings is 1. The van der Waals surface area contributed by atoms with Gasteiger partial charge in [0.2, 0.25) is 0 Å². The van der Waals surface area contributed by atoms with Crippen molar-refractivity contribution < 1.29 is 17.9 Å². The molecule has 2 aliphatic heterocycles. The summed E-state index contributed by atoms with van der Waals surface area (Å²) in [4.78, 5) is 14.8. The Balaban J connectivity index is 1.49. The number of thiophene rings is 1. The van der Waals surface area contributed by atoms with Gasteiger partial charge in [-0.15, -0.1) is 11.3 Å². The van der Waals surface area contributed by atoms with Gasteiger partial charge in [-0.25, -0.2) is 8.42 Å². The number of ether oxygens (including phenoxy) is 1. The minimum Gasteiger partial charge on any atom is -0.489 e. The third-order valence-corrected chi connectivity index (χ3v) is 9.43. The van der Waals surface area contributed by atoms with E-state index in [4.69, 9.17) is 4.74 Å². The molecule has 0 bridgehead atoms. The first-order valence-electron chi connectivity index (χ1n) is 9.13. The summed E-state index contributed by atoms with van der Waals surface area (Å²) in [6.07, 6.45) is 0.0380. The van der Waals surface area contributed by atoms with Gasteiger partial charge in [-0.2, -0.15) is 4.31 Å². The molecule has 1 amide bonds. The molecule has 0 unspecified atom stereocenters. The van der Waals surface area contributed by atoms with Crippen LogP contribution in [0.15, 0.2) is 38.3 Å². The molecular formula is C19H21BrN2O4S2. The summed E-state index contributed by atoms with van der Waals surface area (Å²) in [5, 5.41) is 0. The highest BCUT2D eigenvalue weighted by atomic mass is 79.9. The van der Waals surface area contributed by atoms with Crippen molar-refractivity contribution in [2.75, 3.05) is 26.2 Å². The number of amides is 1. The van der Waals surface area contributed by atoms with Crippen LogP contribution in [0, 0.1) is 0 Å². The zero-order valence-corrected chi connectivity index (χ0v) is 18.8. The summed E-state index contributed by atoms with van der Waals surface area (Å²) in [5.41, 5.74) is 1.62. The summed E-state index contributed by atoms with van der Waals surface area (Å²) in [6.45, 7) is 5.39. The average Bonchev–Trinajstić information content (AvgIpc) is 3.25. The summed E-state index contributed by atoms with van der Waals surface area (Å²) in [5.74, 6) is 0.815. The van der Waals surface area contributed by atoms with E-state index in [1.165, 1.54) is 15.6 Å². The van der Waals surface area contributed by atoms with Crippen molar-refractivity contribution in [3.05, 3.63) is 45.2 Å². The van der Waals surface area contributed by atoms with Crippen LogP contribution < -0.4 is 4.74 Å². The number of fused-ring (bicyclic) bond motifs is 1. The fourth-order valence-corrected chi connectivity index (χ4v) is 7.21. The lowest BCUT2D eigenvalue weighted by Gasteiger charge is -2.34. The molecule has 28 heavy (non-hydrogen) atoms. The molecule has 1 fully saturated rings. The highest BCUT2D eigenvalue weighted by molar-refractivity contribution is 9.11. The second-order valence-corrected chi connectivity index (χ2v) is 11.7. The molecule has 0 N–H and O–H groups in total. The molecule has 1 aromatic heterocycles.